The SMILES string of the molecule is CCCC(N)C(=O)NCc1ccc(CN2CCCC(C)C2)cc1. The van der Waals surface area contributed by atoms with E-state index in [2.05, 4.69) is 41.4 Å². The van der Waals surface area contributed by atoms with Crippen molar-refractivity contribution in [2.45, 2.75) is 58.7 Å². The summed E-state index contributed by atoms with van der Waals surface area (Å²) in [4.78, 5) is 14.4. The summed E-state index contributed by atoms with van der Waals surface area (Å²) in [5, 5.41) is 2.92. The number of nitrogens with one attached hydrogen (secondary N) is 1. The van der Waals surface area contributed by atoms with Gasteiger partial charge in [0, 0.05) is 19.6 Å². The number of likely N-dealkylation sites (tertiary alicyclic amines) is 1. The molecule has 1 saturated heterocycles. The predicted molar refractivity (Wildman–Crippen MR) is 94.8 cm³/mol. The van der Waals surface area contributed by atoms with Gasteiger partial charge < -0.3 is 11.1 Å². The third kappa shape index (κ3) is 5.96. The Kier molecular flexibility index (Phi) is 7.06. The highest BCUT2D eigenvalue weighted by Crippen LogP contribution is 2.18. The van der Waals surface area contributed by atoms with Crippen LogP contribution in [-0.4, -0.2) is 29.9 Å². The Morgan fingerprint density at radius 2 is 2.04 bits per heavy atom. The van der Waals surface area contributed by atoms with Crippen molar-refractivity contribution in [3.63, 3.8) is 0 Å². The summed E-state index contributed by atoms with van der Waals surface area (Å²) in [6.45, 7) is 8.36. The number of nitrogens with two attached hydrogens (primary N) is 1. The minimum absolute atomic E-state index is 0.0572. The summed E-state index contributed by atoms with van der Waals surface area (Å²) in [6.07, 6.45) is 4.33. The zero-order valence-electron chi connectivity index (χ0n) is 14.6. The number of amides is 1. The van der Waals surface area contributed by atoms with Crippen LogP contribution in [0.5, 0.6) is 0 Å². The average Bonchev–Trinajstić information content (AvgIpc) is 2.54. The number of carbonyl (C=O) groups excluding carboxylic acids is 1. The molecule has 3 N–H and O–H groups in total. The lowest BCUT2D eigenvalue weighted by Crippen LogP contribution is -2.40. The van der Waals surface area contributed by atoms with Gasteiger partial charge in [-0.15, -0.1) is 0 Å². The first-order valence-corrected chi connectivity index (χ1v) is 8.92. The van der Waals surface area contributed by atoms with E-state index >= 15 is 0 Å². The summed E-state index contributed by atoms with van der Waals surface area (Å²) in [6, 6.07) is 8.17. The van der Waals surface area contributed by atoms with Crippen LogP contribution in [-0.2, 0) is 17.9 Å². The molecule has 1 aromatic rings. The van der Waals surface area contributed by atoms with Gasteiger partial charge in [-0.05, 0) is 42.9 Å². The van der Waals surface area contributed by atoms with Crippen molar-refractivity contribution in [3.8, 4) is 0 Å². The van der Waals surface area contributed by atoms with E-state index < -0.39 is 0 Å². The molecule has 1 fully saturated rings. The highest BCUT2D eigenvalue weighted by Gasteiger charge is 2.16. The lowest BCUT2D eigenvalue weighted by molar-refractivity contribution is -0.122. The van der Waals surface area contributed by atoms with Gasteiger partial charge in [0.2, 0.25) is 5.91 Å². The molecule has 1 aliphatic rings. The van der Waals surface area contributed by atoms with E-state index in [0.29, 0.717) is 6.54 Å². The lowest BCUT2D eigenvalue weighted by Gasteiger charge is -2.30. The number of carbonyl (C=O) groups is 1. The van der Waals surface area contributed by atoms with Crippen molar-refractivity contribution < 1.29 is 4.79 Å². The Balaban J connectivity index is 1.79. The van der Waals surface area contributed by atoms with E-state index in [1.165, 1.54) is 31.5 Å². The van der Waals surface area contributed by atoms with Gasteiger partial charge in [-0.2, -0.15) is 0 Å². The van der Waals surface area contributed by atoms with E-state index in [4.69, 9.17) is 5.73 Å². The summed E-state index contributed by atoms with van der Waals surface area (Å²) in [5.74, 6) is 0.754. The molecule has 0 aromatic heterocycles. The molecule has 0 bridgehead atoms. The van der Waals surface area contributed by atoms with Gasteiger partial charge in [-0.3, -0.25) is 9.69 Å². The Morgan fingerprint density at radius 1 is 1.35 bits per heavy atom. The van der Waals surface area contributed by atoms with E-state index in [0.717, 1.165) is 30.9 Å². The third-order valence-corrected chi connectivity index (χ3v) is 4.57. The van der Waals surface area contributed by atoms with E-state index in [1.807, 2.05) is 6.92 Å². The van der Waals surface area contributed by atoms with Gasteiger partial charge in [-0.1, -0.05) is 44.5 Å². The van der Waals surface area contributed by atoms with Crippen molar-refractivity contribution >= 4 is 5.91 Å². The molecule has 0 aliphatic carbocycles. The molecule has 23 heavy (non-hydrogen) atoms. The molecule has 1 amide bonds. The molecule has 0 radical (unpaired) electrons. The number of hydrogen-bond acceptors (Lipinski definition) is 3. The van der Waals surface area contributed by atoms with Gasteiger partial charge in [-0.25, -0.2) is 0 Å². The maximum absolute atomic E-state index is 11.8. The van der Waals surface area contributed by atoms with Crippen LogP contribution in [0.25, 0.3) is 0 Å². The largest absolute Gasteiger partial charge is 0.351 e. The molecule has 1 heterocycles. The molecule has 1 aromatic carbocycles. The van der Waals surface area contributed by atoms with Crippen LogP contribution in [0.1, 0.15) is 50.7 Å². The molecular weight excluding hydrogens is 286 g/mol. The first-order chi connectivity index (χ1) is 11.1. The highest BCUT2D eigenvalue weighted by molar-refractivity contribution is 5.81. The second kappa shape index (κ2) is 9.04. The Labute approximate surface area is 140 Å². The number of piperidine rings is 1. The molecule has 2 atom stereocenters. The summed E-state index contributed by atoms with van der Waals surface area (Å²) >= 11 is 0. The quantitative estimate of drug-likeness (QED) is 0.813. The van der Waals surface area contributed by atoms with Crippen molar-refractivity contribution in [2.75, 3.05) is 13.1 Å². The fourth-order valence-electron chi connectivity index (χ4n) is 3.21. The maximum Gasteiger partial charge on any atom is 0.237 e. The van der Waals surface area contributed by atoms with Gasteiger partial charge in [0.25, 0.3) is 0 Å². The molecule has 0 spiro atoms. The molecule has 4 nitrogen and oxygen atoms in total. The van der Waals surface area contributed by atoms with Crippen LogP contribution in [0.3, 0.4) is 0 Å². The van der Waals surface area contributed by atoms with Crippen LogP contribution >= 0.6 is 0 Å². The smallest absolute Gasteiger partial charge is 0.237 e. The molecular formula is C19H31N3O. The van der Waals surface area contributed by atoms with Crippen molar-refractivity contribution in [2.24, 2.45) is 11.7 Å². The summed E-state index contributed by atoms with van der Waals surface area (Å²) in [5.41, 5.74) is 8.28. The maximum atomic E-state index is 11.8. The summed E-state index contributed by atoms with van der Waals surface area (Å²) in [7, 11) is 0. The van der Waals surface area contributed by atoms with Gasteiger partial charge in [0.1, 0.15) is 0 Å². The van der Waals surface area contributed by atoms with Gasteiger partial charge >= 0.3 is 0 Å². The van der Waals surface area contributed by atoms with Crippen LogP contribution < -0.4 is 11.1 Å². The fourth-order valence-corrected chi connectivity index (χ4v) is 3.21. The fraction of sp³-hybridized carbons (Fsp3) is 0.632. The number of hydrogen-bond donors (Lipinski definition) is 2. The monoisotopic (exact) mass is 317 g/mol. The van der Waals surface area contributed by atoms with Gasteiger partial charge in [0.15, 0.2) is 0 Å². The minimum Gasteiger partial charge on any atom is -0.351 e. The van der Waals surface area contributed by atoms with E-state index in [-0.39, 0.29) is 11.9 Å². The molecule has 0 saturated carbocycles. The van der Waals surface area contributed by atoms with Crippen LogP contribution in [0.15, 0.2) is 24.3 Å². The van der Waals surface area contributed by atoms with E-state index in [1.54, 1.807) is 0 Å². The topological polar surface area (TPSA) is 58.4 Å². The van der Waals surface area contributed by atoms with Crippen LogP contribution in [0.2, 0.25) is 0 Å². The zero-order chi connectivity index (χ0) is 16.7. The molecule has 1 aliphatic heterocycles. The average molecular weight is 317 g/mol. The first-order valence-electron chi connectivity index (χ1n) is 8.92. The molecule has 4 heteroatoms. The van der Waals surface area contributed by atoms with Crippen LogP contribution in [0, 0.1) is 5.92 Å². The number of benzene rings is 1. The molecule has 2 unspecified atom stereocenters. The Hall–Kier alpha value is -1.39. The zero-order valence-corrected chi connectivity index (χ0v) is 14.6. The Morgan fingerprint density at radius 3 is 2.70 bits per heavy atom. The second-order valence-electron chi connectivity index (χ2n) is 6.91. The minimum atomic E-state index is -0.389. The second-order valence-corrected chi connectivity index (χ2v) is 6.91. The van der Waals surface area contributed by atoms with E-state index in [9.17, 15) is 4.79 Å². The third-order valence-electron chi connectivity index (χ3n) is 4.57. The standard InChI is InChI=1S/C19H31N3O/c1-3-5-18(20)19(23)21-12-16-7-9-17(10-8-16)14-22-11-4-6-15(2)13-22/h7-10,15,18H,3-6,11-14,20H2,1-2H3,(H,21,23). The molecule has 128 valence electrons. The lowest BCUT2D eigenvalue weighted by atomic mass is 9.99. The van der Waals surface area contributed by atoms with Crippen LogP contribution in [0.4, 0.5) is 0 Å². The van der Waals surface area contributed by atoms with Gasteiger partial charge in [0.05, 0.1) is 6.04 Å². The summed E-state index contributed by atoms with van der Waals surface area (Å²) < 4.78 is 0. The number of rotatable bonds is 7. The number of nitrogens with zero attached hydrogens (tertiary/aromatic N) is 1. The Bertz CT molecular complexity index is 486. The highest BCUT2D eigenvalue weighted by atomic mass is 16.2. The van der Waals surface area contributed by atoms with Crippen molar-refractivity contribution in [1.82, 2.24) is 10.2 Å². The van der Waals surface area contributed by atoms with Crippen molar-refractivity contribution in [3.05, 3.63) is 35.4 Å². The predicted octanol–water partition coefficient (Wildman–Crippen LogP) is 2.66. The normalized spacial score (nSPS) is 20.2. The molecule has 2 rings (SSSR count). The first kappa shape index (κ1) is 18.0. The van der Waals surface area contributed by atoms with Crippen molar-refractivity contribution in [1.29, 1.82) is 0 Å².